The summed E-state index contributed by atoms with van der Waals surface area (Å²) >= 11 is 0. The fourth-order valence-electron chi connectivity index (χ4n) is 1.46. The molecule has 1 unspecified atom stereocenters. The van der Waals surface area contributed by atoms with Gasteiger partial charge in [0, 0.05) is 7.11 Å². The minimum absolute atomic E-state index is 0.281. The van der Waals surface area contributed by atoms with Gasteiger partial charge in [-0.3, -0.25) is 0 Å². The highest BCUT2D eigenvalue weighted by atomic mass is 19.4. The highest BCUT2D eigenvalue weighted by Crippen LogP contribution is 2.29. The molecule has 0 heterocycles. The highest BCUT2D eigenvalue weighted by molar-refractivity contribution is 5.24. The van der Waals surface area contributed by atoms with Gasteiger partial charge in [0.15, 0.2) is 0 Å². The van der Waals surface area contributed by atoms with Crippen molar-refractivity contribution in [3.63, 3.8) is 0 Å². The maximum Gasteiger partial charge on any atom is 0.391 e. The minimum atomic E-state index is -4.35. The van der Waals surface area contributed by atoms with Crippen LogP contribution in [0.3, 0.4) is 0 Å². The normalized spacial score (nSPS) is 13.7. The van der Waals surface area contributed by atoms with E-state index in [9.17, 15) is 18.3 Å². The van der Waals surface area contributed by atoms with Crippen LogP contribution in [0.15, 0.2) is 24.3 Å². The summed E-state index contributed by atoms with van der Waals surface area (Å²) < 4.78 is 41.1. The molecule has 96 valence electrons. The number of ether oxygens (including phenoxy) is 1. The second-order valence-electron chi connectivity index (χ2n) is 3.82. The zero-order valence-electron chi connectivity index (χ0n) is 9.50. The Hall–Kier alpha value is -1.07. The molecule has 0 fully saturated rings. The number of hydrogen-bond donors (Lipinski definition) is 1. The summed E-state index contributed by atoms with van der Waals surface area (Å²) in [7, 11) is 1.58. The maximum atomic E-state index is 12.1. The molecule has 0 amide bonds. The van der Waals surface area contributed by atoms with E-state index in [4.69, 9.17) is 4.74 Å². The van der Waals surface area contributed by atoms with Gasteiger partial charge in [0.1, 0.15) is 0 Å². The van der Waals surface area contributed by atoms with Crippen LogP contribution in [0, 0.1) is 0 Å². The van der Waals surface area contributed by atoms with Gasteiger partial charge in [-0.15, -0.1) is 0 Å². The fraction of sp³-hybridized carbons (Fsp3) is 0.500. The second-order valence-corrected chi connectivity index (χ2v) is 3.82. The van der Waals surface area contributed by atoms with E-state index in [0.29, 0.717) is 13.0 Å². The summed E-state index contributed by atoms with van der Waals surface area (Å²) in [5, 5.41) is 9.38. The Morgan fingerprint density at radius 3 is 2.29 bits per heavy atom. The molecule has 0 bridgehead atoms. The van der Waals surface area contributed by atoms with Gasteiger partial charge < -0.3 is 9.84 Å². The fourth-order valence-corrected chi connectivity index (χ4v) is 1.46. The summed E-state index contributed by atoms with van der Waals surface area (Å²) in [6, 6.07) is 6.44. The van der Waals surface area contributed by atoms with Crippen LogP contribution in [0.1, 0.15) is 23.7 Å². The third kappa shape index (κ3) is 5.19. The van der Waals surface area contributed by atoms with Gasteiger partial charge in [0.2, 0.25) is 0 Å². The van der Waals surface area contributed by atoms with Crippen LogP contribution in [-0.4, -0.2) is 25.0 Å². The molecule has 1 N–H and O–H groups in total. The van der Waals surface area contributed by atoms with Crippen molar-refractivity contribution in [1.82, 2.24) is 0 Å². The van der Waals surface area contributed by atoms with Crippen molar-refractivity contribution in [2.24, 2.45) is 0 Å². The van der Waals surface area contributed by atoms with E-state index in [2.05, 4.69) is 0 Å². The molecule has 5 heteroatoms. The average molecular weight is 248 g/mol. The average Bonchev–Trinajstić information content (AvgIpc) is 2.24. The van der Waals surface area contributed by atoms with Crippen LogP contribution in [0.25, 0.3) is 0 Å². The molecule has 0 spiro atoms. The van der Waals surface area contributed by atoms with Crippen LogP contribution >= 0.6 is 0 Å². The summed E-state index contributed by atoms with van der Waals surface area (Å²) in [4.78, 5) is 0. The van der Waals surface area contributed by atoms with Crippen LogP contribution < -0.4 is 0 Å². The third-order valence-corrected chi connectivity index (χ3v) is 2.38. The Morgan fingerprint density at radius 1 is 1.24 bits per heavy atom. The molecule has 0 radical (unpaired) electrons. The van der Waals surface area contributed by atoms with Crippen molar-refractivity contribution in [2.45, 2.75) is 25.1 Å². The molecule has 1 atom stereocenters. The van der Waals surface area contributed by atoms with Gasteiger partial charge in [-0.05, 0) is 17.5 Å². The Balaban J connectivity index is 2.60. The molecule has 1 rings (SSSR count). The first-order valence-electron chi connectivity index (χ1n) is 5.25. The first-order valence-corrected chi connectivity index (χ1v) is 5.25. The number of aliphatic hydroxyl groups is 1. The molecule has 17 heavy (non-hydrogen) atoms. The summed E-state index contributed by atoms with van der Waals surface area (Å²) in [6.07, 6.45) is -6.36. The Morgan fingerprint density at radius 2 is 1.82 bits per heavy atom. The largest absolute Gasteiger partial charge is 0.391 e. The molecule has 0 saturated carbocycles. The molecule has 0 aromatic heterocycles. The van der Waals surface area contributed by atoms with Crippen LogP contribution in [0.2, 0.25) is 0 Å². The van der Waals surface area contributed by atoms with Crippen molar-refractivity contribution in [1.29, 1.82) is 0 Å². The molecule has 1 aromatic carbocycles. The predicted molar refractivity (Wildman–Crippen MR) is 57.7 cm³/mol. The maximum absolute atomic E-state index is 12.1. The van der Waals surface area contributed by atoms with Gasteiger partial charge in [-0.1, -0.05) is 24.3 Å². The smallest absolute Gasteiger partial charge is 0.388 e. The lowest BCUT2D eigenvalue weighted by Crippen LogP contribution is -2.13. The van der Waals surface area contributed by atoms with Crippen LogP contribution in [-0.2, 0) is 11.2 Å². The van der Waals surface area contributed by atoms with E-state index >= 15 is 0 Å². The standard InChI is InChI=1S/C12H15F3O2/c1-17-7-6-9-2-4-10(5-3-9)11(16)8-12(13,14)15/h2-5,11,16H,6-8H2,1H3. The molecule has 0 aliphatic carbocycles. The van der Waals surface area contributed by atoms with Crippen LogP contribution in [0.5, 0.6) is 0 Å². The minimum Gasteiger partial charge on any atom is -0.388 e. The number of aliphatic hydroxyl groups excluding tert-OH is 1. The monoisotopic (exact) mass is 248 g/mol. The van der Waals surface area contributed by atoms with Crippen molar-refractivity contribution >= 4 is 0 Å². The van der Waals surface area contributed by atoms with Gasteiger partial charge in [-0.2, -0.15) is 13.2 Å². The molecule has 1 aromatic rings. The lowest BCUT2D eigenvalue weighted by Gasteiger charge is -2.13. The first-order chi connectivity index (χ1) is 7.92. The Bertz CT molecular complexity index is 333. The van der Waals surface area contributed by atoms with Gasteiger partial charge >= 0.3 is 6.18 Å². The SMILES string of the molecule is COCCc1ccc(C(O)CC(F)(F)F)cc1. The van der Waals surface area contributed by atoms with E-state index < -0.39 is 18.7 Å². The van der Waals surface area contributed by atoms with E-state index in [1.807, 2.05) is 0 Å². The molecule has 0 aliphatic rings. The number of methoxy groups -OCH3 is 1. The highest BCUT2D eigenvalue weighted by Gasteiger charge is 2.31. The Kier molecular flexibility index (Phi) is 4.96. The zero-order chi connectivity index (χ0) is 12.9. The molecule has 0 aliphatic heterocycles. The lowest BCUT2D eigenvalue weighted by molar-refractivity contribution is -0.154. The van der Waals surface area contributed by atoms with Gasteiger partial charge in [0.25, 0.3) is 0 Å². The quantitative estimate of drug-likeness (QED) is 0.868. The summed E-state index contributed by atoms with van der Waals surface area (Å²) in [6.45, 7) is 0.560. The zero-order valence-corrected chi connectivity index (χ0v) is 9.50. The summed E-state index contributed by atoms with van der Waals surface area (Å²) in [5.41, 5.74) is 1.25. The van der Waals surface area contributed by atoms with Crippen molar-refractivity contribution in [2.75, 3.05) is 13.7 Å². The summed E-state index contributed by atoms with van der Waals surface area (Å²) in [5.74, 6) is 0. The van der Waals surface area contributed by atoms with E-state index in [1.54, 1.807) is 19.2 Å². The second kappa shape index (κ2) is 6.02. The molecular weight excluding hydrogens is 233 g/mol. The van der Waals surface area contributed by atoms with Crippen molar-refractivity contribution < 1.29 is 23.0 Å². The first kappa shape index (κ1) is 14.0. The van der Waals surface area contributed by atoms with E-state index in [0.717, 1.165) is 5.56 Å². The molecule has 2 nitrogen and oxygen atoms in total. The molecule has 0 saturated heterocycles. The third-order valence-electron chi connectivity index (χ3n) is 2.38. The molecular formula is C12H15F3O2. The lowest BCUT2D eigenvalue weighted by atomic mass is 10.0. The van der Waals surface area contributed by atoms with Crippen molar-refractivity contribution in [3.8, 4) is 0 Å². The topological polar surface area (TPSA) is 29.5 Å². The number of halogens is 3. The van der Waals surface area contributed by atoms with Crippen LogP contribution in [0.4, 0.5) is 13.2 Å². The van der Waals surface area contributed by atoms with Crippen molar-refractivity contribution in [3.05, 3.63) is 35.4 Å². The Labute approximate surface area is 98.0 Å². The number of hydrogen-bond acceptors (Lipinski definition) is 2. The number of rotatable bonds is 5. The van der Waals surface area contributed by atoms with Gasteiger partial charge in [0.05, 0.1) is 19.1 Å². The van der Waals surface area contributed by atoms with Gasteiger partial charge in [-0.25, -0.2) is 0 Å². The van der Waals surface area contributed by atoms with E-state index in [-0.39, 0.29) is 5.56 Å². The number of benzene rings is 1. The number of alkyl halides is 3. The van der Waals surface area contributed by atoms with E-state index in [1.165, 1.54) is 12.1 Å². The predicted octanol–water partition coefficient (Wildman–Crippen LogP) is 2.86.